The van der Waals surface area contributed by atoms with Crippen molar-refractivity contribution < 1.29 is 14.6 Å². The van der Waals surface area contributed by atoms with Gasteiger partial charge in [-0.1, -0.05) is 41.9 Å². The molecule has 2 aromatic carbocycles. The quantitative estimate of drug-likeness (QED) is 0.872. The van der Waals surface area contributed by atoms with Crippen molar-refractivity contribution in [3.8, 4) is 5.75 Å². The number of carbonyl (C=O) groups excluding carboxylic acids is 1. The molecule has 0 saturated heterocycles. The van der Waals surface area contributed by atoms with Crippen molar-refractivity contribution in [1.82, 2.24) is 5.32 Å². The van der Waals surface area contributed by atoms with E-state index in [2.05, 4.69) is 5.32 Å². The van der Waals surface area contributed by atoms with Crippen LogP contribution in [0.4, 0.5) is 0 Å². The van der Waals surface area contributed by atoms with Crippen LogP contribution >= 0.6 is 11.6 Å². The number of rotatable bonds is 5. The molecule has 0 radical (unpaired) electrons. The lowest BCUT2D eigenvalue weighted by molar-refractivity contribution is -0.123. The molecule has 2 atom stereocenters. The Morgan fingerprint density at radius 2 is 2.08 bits per heavy atom. The number of fused-ring (bicyclic) bond motifs is 1. The zero-order chi connectivity index (χ0) is 16.9. The van der Waals surface area contributed by atoms with Crippen LogP contribution in [0.1, 0.15) is 36.0 Å². The molecule has 1 aliphatic rings. The highest BCUT2D eigenvalue weighted by Crippen LogP contribution is 2.35. The van der Waals surface area contributed by atoms with Gasteiger partial charge in [-0.2, -0.15) is 0 Å². The molecular weight excluding hydrogens is 326 g/mol. The van der Waals surface area contributed by atoms with Crippen LogP contribution in [0.3, 0.4) is 0 Å². The van der Waals surface area contributed by atoms with E-state index in [-0.39, 0.29) is 11.8 Å². The van der Waals surface area contributed by atoms with Crippen LogP contribution in [0, 0.1) is 0 Å². The first kappa shape index (κ1) is 16.8. The summed E-state index contributed by atoms with van der Waals surface area (Å²) in [6, 6.07) is 14.8. The van der Waals surface area contributed by atoms with E-state index in [1.54, 1.807) is 18.2 Å². The Kier molecular flexibility index (Phi) is 5.38. The van der Waals surface area contributed by atoms with Crippen LogP contribution < -0.4 is 10.1 Å². The molecule has 1 amide bonds. The van der Waals surface area contributed by atoms with Crippen LogP contribution in [0.2, 0.25) is 5.02 Å². The summed E-state index contributed by atoms with van der Waals surface area (Å²) in [5.41, 5.74) is 1.69. The molecule has 1 heterocycles. The zero-order valence-electron chi connectivity index (χ0n) is 13.2. The second kappa shape index (κ2) is 7.69. The summed E-state index contributed by atoms with van der Waals surface area (Å²) in [6.07, 6.45) is 0.518. The lowest BCUT2D eigenvalue weighted by Crippen LogP contribution is -2.33. The van der Waals surface area contributed by atoms with E-state index in [0.29, 0.717) is 31.0 Å². The predicted octanol–water partition coefficient (Wildman–Crippen LogP) is 3.45. The average Bonchev–Trinajstić information content (AvgIpc) is 2.61. The first-order valence-corrected chi connectivity index (χ1v) is 8.46. The van der Waals surface area contributed by atoms with Crippen LogP contribution in [0.25, 0.3) is 0 Å². The Hall–Kier alpha value is -2.04. The maximum Gasteiger partial charge on any atom is 0.227 e. The van der Waals surface area contributed by atoms with Gasteiger partial charge in [-0.3, -0.25) is 4.79 Å². The Balaban J connectivity index is 1.58. The topological polar surface area (TPSA) is 58.6 Å². The zero-order valence-corrected chi connectivity index (χ0v) is 14.0. The second-order valence-electron chi connectivity index (χ2n) is 5.88. The Bertz CT molecular complexity index is 705. The summed E-state index contributed by atoms with van der Waals surface area (Å²) in [5.74, 6) is 0.401. The number of halogens is 1. The Morgan fingerprint density at radius 1 is 1.29 bits per heavy atom. The molecule has 0 aliphatic carbocycles. The molecule has 126 valence electrons. The van der Waals surface area contributed by atoms with Crippen molar-refractivity contribution >= 4 is 17.5 Å². The monoisotopic (exact) mass is 345 g/mol. The molecule has 0 bridgehead atoms. The Labute approximate surface area is 146 Å². The highest BCUT2D eigenvalue weighted by Gasteiger charge is 2.27. The van der Waals surface area contributed by atoms with Gasteiger partial charge >= 0.3 is 0 Å². The summed E-state index contributed by atoms with van der Waals surface area (Å²) < 4.78 is 5.58. The third kappa shape index (κ3) is 3.89. The Morgan fingerprint density at radius 3 is 2.88 bits per heavy atom. The highest BCUT2D eigenvalue weighted by molar-refractivity contribution is 6.30. The number of hydrogen-bond donors (Lipinski definition) is 2. The fourth-order valence-electron chi connectivity index (χ4n) is 2.93. The molecule has 24 heavy (non-hydrogen) atoms. The molecular formula is C19H20ClNO3. The molecule has 0 spiro atoms. The number of benzene rings is 2. The van der Waals surface area contributed by atoms with Crippen molar-refractivity contribution in [2.75, 3.05) is 13.2 Å². The molecule has 4 nitrogen and oxygen atoms in total. The second-order valence-corrected chi connectivity index (χ2v) is 6.31. The first-order valence-electron chi connectivity index (χ1n) is 8.08. The molecule has 1 aliphatic heterocycles. The smallest absolute Gasteiger partial charge is 0.227 e. The van der Waals surface area contributed by atoms with Gasteiger partial charge in [0.1, 0.15) is 5.75 Å². The number of amides is 1. The third-order valence-electron chi connectivity index (χ3n) is 4.23. The van der Waals surface area contributed by atoms with Gasteiger partial charge in [-0.15, -0.1) is 0 Å². The fraction of sp³-hybridized carbons (Fsp3) is 0.316. The van der Waals surface area contributed by atoms with Gasteiger partial charge in [0.25, 0.3) is 0 Å². The van der Waals surface area contributed by atoms with Gasteiger partial charge in [-0.05, 0) is 36.6 Å². The van der Waals surface area contributed by atoms with Crippen LogP contribution in [-0.4, -0.2) is 24.2 Å². The standard InChI is InChI=1S/C19H20ClNO3/c20-14-6-7-18-16(12-14)15(9-11-24-18)19(23)21-10-8-17(22)13-4-2-1-3-5-13/h1-7,12,15,17,22H,8-11H2,(H,21,23)/t15-,17-/m0/s1. The maximum absolute atomic E-state index is 12.5. The van der Waals surface area contributed by atoms with Crippen molar-refractivity contribution in [3.63, 3.8) is 0 Å². The number of aliphatic hydroxyl groups excluding tert-OH is 1. The van der Waals surface area contributed by atoms with E-state index >= 15 is 0 Å². The minimum atomic E-state index is -0.581. The predicted molar refractivity (Wildman–Crippen MR) is 93.3 cm³/mol. The van der Waals surface area contributed by atoms with Gasteiger partial charge in [-0.25, -0.2) is 0 Å². The molecule has 0 unspecified atom stereocenters. The number of carbonyl (C=O) groups is 1. The van der Waals surface area contributed by atoms with Crippen LogP contribution in [-0.2, 0) is 4.79 Å². The van der Waals surface area contributed by atoms with E-state index in [9.17, 15) is 9.90 Å². The molecule has 5 heteroatoms. The van der Waals surface area contributed by atoms with E-state index < -0.39 is 6.10 Å². The van der Waals surface area contributed by atoms with Crippen molar-refractivity contribution in [2.24, 2.45) is 0 Å². The molecule has 0 saturated carbocycles. The van der Waals surface area contributed by atoms with Crippen molar-refractivity contribution in [3.05, 3.63) is 64.7 Å². The van der Waals surface area contributed by atoms with E-state index in [4.69, 9.17) is 16.3 Å². The van der Waals surface area contributed by atoms with Gasteiger partial charge in [0.2, 0.25) is 5.91 Å². The minimum Gasteiger partial charge on any atom is -0.493 e. The summed E-state index contributed by atoms with van der Waals surface area (Å²) in [4.78, 5) is 12.5. The van der Waals surface area contributed by atoms with Gasteiger partial charge in [0.15, 0.2) is 0 Å². The summed E-state index contributed by atoms with van der Waals surface area (Å²) in [5, 5.41) is 13.7. The largest absolute Gasteiger partial charge is 0.493 e. The van der Waals surface area contributed by atoms with Gasteiger partial charge in [0, 0.05) is 17.1 Å². The van der Waals surface area contributed by atoms with Crippen LogP contribution in [0.5, 0.6) is 5.75 Å². The summed E-state index contributed by atoms with van der Waals surface area (Å²) >= 11 is 6.04. The lowest BCUT2D eigenvalue weighted by Gasteiger charge is -2.25. The number of hydrogen-bond acceptors (Lipinski definition) is 3. The molecule has 2 aromatic rings. The number of ether oxygens (including phenoxy) is 1. The fourth-order valence-corrected chi connectivity index (χ4v) is 3.12. The van der Waals surface area contributed by atoms with E-state index in [1.165, 1.54) is 0 Å². The van der Waals surface area contributed by atoms with Crippen molar-refractivity contribution in [2.45, 2.75) is 24.9 Å². The SMILES string of the molecule is O=C(NCC[C@H](O)c1ccccc1)[C@H]1CCOc2ccc(Cl)cc21. The number of nitrogens with one attached hydrogen (secondary N) is 1. The van der Waals surface area contributed by atoms with E-state index in [1.807, 2.05) is 30.3 Å². The third-order valence-corrected chi connectivity index (χ3v) is 4.46. The average molecular weight is 346 g/mol. The minimum absolute atomic E-state index is 0.0536. The normalized spacial score (nSPS) is 17.5. The van der Waals surface area contributed by atoms with Crippen molar-refractivity contribution in [1.29, 1.82) is 0 Å². The number of aliphatic hydroxyl groups is 1. The van der Waals surface area contributed by atoms with Crippen LogP contribution in [0.15, 0.2) is 48.5 Å². The summed E-state index contributed by atoms with van der Waals surface area (Å²) in [6.45, 7) is 0.932. The highest BCUT2D eigenvalue weighted by atomic mass is 35.5. The first-order chi connectivity index (χ1) is 11.6. The lowest BCUT2D eigenvalue weighted by atomic mass is 9.92. The maximum atomic E-state index is 12.5. The van der Waals surface area contributed by atoms with Gasteiger partial charge in [0.05, 0.1) is 18.6 Å². The molecule has 3 rings (SSSR count). The molecule has 0 aromatic heterocycles. The van der Waals surface area contributed by atoms with E-state index in [0.717, 1.165) is 16.9 Å². The van der Waals surface area contributed by atoms with Gasteiger partial charge < -0.3 is 15.2 Å². The summed E-state index contributed by atoms with van der Waals surface area (Å²) in [7, 11) is 0. The molecule has 2 N–H and O–H groups in total. The molecule has 0 fully saturated rings.